The van der Waals surface area contributed by atoms with Gasteiger partial charge in [-0.25, -0.2) is 9.98 Å². The van der Waals surface area contributed by atoms with Crippen LogP contribution in [0.2, 0.25) is 0 Å². The fraction of sp³-hybridized carbons (Fsp3) is 0. The first-order valence-electron chi connectivity index (χ1n) is 4.44. The van der Waals surface area contributed by atoms with Crippen LogP contribution in [0.15, 0.2) is 47.2 Å². The highest BCUT2D eigenvalue weighted by Crippen LogP contribution is 2.17. The van der Waals surface area contributed by atoms with Crippen molar-refractivity contribution in [2.24, 2.45) is 9.98 Å². The highest BCUT2D eigenvalue weighted by molar-refractivity contribution is 6.10. The highest BCUT2D eigenvalue weighted by atomic mass is 15.1. The van der Waals surface area contributed by atoms with Crippen molar-refractivity contribution >= 4 is 23.5 Å². The van der Waals surface area contributed by atoms with Crippen LogP contribution in [0.4, 0.5) is 0 Å². The molecule has 2 rings (SSSR count). The summed E-state index contributed by atoms with van der Waals surface area (Å²) in [5.74, 6) is 0.553. The zero-order chi connectivity index (χ0) is 10.7. The van der Waals surface area contributed by atoms with Crippen molar-refractivity contribution in [3.05, 3.63) is 42.7 Å². The Kier molecular flexibility index (Phi) is 2.41. The first-order chi connectivity index (χ1) is 7.36. The lowest BCUT2D eigenvalue weighted by molar-refractivity contribution is 1.12. The smallest absolute Gasteiger partial charge is 0.159 e. The molecule has 15 heavy (non-hydrogen) atoms. The normalized spacial score (nSPS) is 11.6. The molecule has 0 bridgehead atoms. The summed E-state index contributed by atoms with van der Waals surface area (Å²) in [6.07, 6.45) is 3.19. The van der Waals surface area contributed by atoms with Gasteiger partial charge in [-0.2, -0.15) is 5.10 Å². The molecular weight excluding hydrogens is 188 g/mol. The number of H-pyrrole nitrogens is 1. The summed E-state index contributed by atoms with van der Waals surface area (Å²) in [5.41, 5.74) is 1.85. The van der Waals surface area contributed by atoms with Gasteiger partial charge in [0.15, 0.2) is 5.84 Å². The van der Waals surface area contributed by atoms with E-state index in [0.29, 0.717) is 5.84 Å². The molecule has 0 atom stereocenters. The monoisotopic (exact) mass is 198 g/mol. The summed E-state index contributed by atoms with van der Waals surface area (Å²) >= 11 is 0. The molecule has 0 unspecified atom stereocenters. The number of hydrogen-bond acceptors (Lipinski definition) is 2. The van der Waals surface area contributed by atoms with Gasteiger partial charge in [0.1, 0.15) is 0 Å². The minimum Gasteiger partial charge on any atom is -0.278 e. The highest BCUT2D eigenvalue weighted by Gasteiger charge is 2.06. The lowest BCUT2D eigenvalue weighted by Gasteiger charge is -2.00. The minimum atomic E-state index is 0.553. The van der Waals surface area contributed by atoms with Gasteiger partial charge in [-0.15, -0.1) is 0 Å². The van der Waals surface area contributed by atoms with E-state index in [1.54, 1.807) is 6.20 Å². The molecular formula is C11H10N4. The van der Waals surface area contributed by atoms with Crippen LogP contribution < -0.4 is 0 Å². The van der Waals surface area contributed by atoms with E-state index in [1.807, 2.05) is 18.2 Å². The van der Waals surface area contributed by atoms with Crippen molar-refractivity contribution in [2.75, 3.05) is 0 Å². The second-order valence-electron chi connectivity index (χ2n) is 2.93. The van der Waals surface area contributed by atoms with Crippen LogP contribution in [0.25, 0.3) is 10.9 Å². The summed E-state index contributed by atoms with van der Waals surface area (Å²) in [4.78, 5) is 7.92. The summed E-state index contributed by atoms with van der Waals surface area (Å²) in [5, 5.41) is 7.84. The van der Waals surface area contributed by atoms with Gasteiger partial charge in [-0.1, -0.05) is 18.7 Å². The van der Waals surface area contributed by atoms with Crippen LogP contribution in [0.5, 0.6) is 0 Å². The Morgan fingerprint density at radius 2 is 2.33 bits per heavy atom. The van der Waals surface area contributed by atoms with E-state index in [-0.39, 0.29) is 0 Å². The van der Waals surface area contributed by atoms with Gasteiger partial charge in [0.2, 0.25) is 0 Å². The lowest BCUT2D eigenvalue weighted by Crippen LogP contribution is -1.96. The molecule has 0 radical (unpaired) electrons. The van der Waals surface area contributed by atoms with E-state index >= 15 is 0 Å². The van der Waals surface area contributed by atoms with Crippen LogP contribution in [0.3, 0.4) is 0 Å². The van der Waals surface area contributed by atoms with E-state index in [4.69, 9.17) is 0 Å². The Labute approximate surface area is 87.1 Å². The van der Waals surface area contributed by atoms with Crippen LogP contribution in [0.1, 0.15) is 5.56 Å². The fourth-order valence-electron chi connectivity index (χ4n) is 1.45. The van der Waals surface area contributed by atoms with E-state index in [9.17, 15) is 0 Å². The van der Waals surface area contributed by atoms with E-state index < -0.39 is 0 Å². The largest absolute Gasteiger partial charge is 0.278 e. The summed E-state index contributed by atoms with van der Waals surface area (Å²) in [6, 6.07) is 5.79. The first-order valence-corrected chi connectivity index (χ1v) is 4.44. The lowest BCUT2D eigenvalue weighted by atomic mass is 10.1. The zero-order valence-corrected chi connectivity index (χ0v) is 8.14. The number of aromatic nitrogens is 2. The maximum Gasteiger partial charge on any atom is 0.159 e. The molecule has 74 valence electrons. The molecule has 0 fully saturated rings. The van der Waals surface area contributed by atoms with Crippen LogP contribution in [-0.2, 0) is 0 Å². The van der Waals surface area contributed by atoms with Gasteiger partial charge in [-0.05, 0) is 12.8 Å². The molecule has 0 aliphatic rings. The summed E-state index contributed by atoms with van der Waals surface area (Å²) in [6.45, 7) is 7.03. The first kappa shape index (κ1) is 9.33. The Balaban J connectivity index is 2.69. The molecule has 0 aliphatic heterocycles. The predicted molar refractivity (Wildman–Crippen MR) is 62.4 cm³/mol. The standard InChI is InChI=1S/C11H10N4/c1-3-13-11(12-2)8-5-4-6-10-9(8)7-14-15-10/h3-7H,1-2H2,(H,14,15). The molecule has 1 N–H and O–H groups in total. The second kappa shape index (κ2) is 3.88. The average Bonchev–Trinajstić information content (AvgIpc) is 2.73. The number of nitrogens with one attached hydrogen (secondary N) is 1. The van der Waals surface area contributed by atoms with Gasteiger partial charge >= 0.3 is 0 Å². The maximum absolute atomic E-state index is 4.05. The van der Waals surface area contributed by atoms with Crippen molar-refractivity contribution in [3.8, 4) is 0 Å². The molecule has 4 heteroatoms. The number of benzene rings is 1. The molecule has 1 heterocycles. The number of aliphatic imine (C=N–C) groups is 2. The number of fused-ring (bicyclic) bond motifs is 1. The summed E-state index contributed by atoms with van der Waals surface area (Å²) in [7, 11) is 0. The van der Waals surface area contributed by atoms with E-state index in [1.165, 1.54) is 6.20 Å². The average molecular weight is 198 g/mol. The number of amidine groups is 1. The predicted octanol–water partition coefficient (Wildman–Crippen LogP) is 2.15. The molecule has 0 saturated carbocycles. The Morgan fingerprint density at radius 3 is 3.07 bits per heavy atom. The Morgan fingerprint density at radius 1 is 1.47 bits per heavy atom. The van der Waals surface area contributed by atoms with Gasteiger partial charge in [-0.3, -0.25) is 5.10 Å². The molecule has 2 aromatic rings. The van der Waals surface area contributed by atoms with Crippen LogP contribution in [0, 0.1) is 0 Å². The van der Waals surface area contributed by atoms with Gasteiger partial charge in [0.25, 0.3) is 0 Å². The third-order valence-electron chi connectivity index (χ3n) is 2.09. The Hall–Kier alpha value is -2.23. The van der Waals surface area contributed by atoms with E-state index in [2.05, 4.69) is 33.5 Å². The minimum absolute atomic E-state index is 0.553. The second-order valence-corrected chi connectivity index (χ2v) is 2.93. The number of hydrogen-bond donors (Lipinski definition) is 1. The SMILES string of the molecule is C=CN=C(N=C)c1cccc2[nH]ncc12. The Bertz CT molecular complexity index is 536. The molecule has 4 nitrogen and oxygen atoms in total. The van der Waals surface area contributed by atoms with Gasteiger partial charge < -0.3 is 0 Å². The number of nitrogens with zero attached hydrogens (tertiary/aromatic N) is 3. The quantitative estimate of drug-likeness (QED) is 0.583. The fourth-order valence-corrected chi connectivity index (χ4v) is 1.45. The van der Waals surface area contributed by atoms with E-state index in [0.717, 1.165) is 16.5 Å². The van der Waals surface area contributed by atoms with Crippen molar-refractivity contribution in [1.82, 2.24) is 10.2 Å². The third-order valence-corrected chi connectivity index (χ3v) is 2.09. The molecule has 1 aromatic heterocycles. The number of rotatable bonds is 2. The topological polar surface area (TPSA) is 53.4 Å². The molecule has 0 spiro atoms. The van der Waals surface area contributed by atoms with Crippen LogP contribution >= 0.6 is 0 Å². The van der Waals surface area contributed by atoms with Crippen molar-refractivity contribution in [1.29, 1.82) is 0 Å². The molecule has 0 saturated heterocycles. The molecule has 0 amide bonds. The van der Waals surface area contributed by atoms with Gasteiger partial charge in [0, 0.05) is 17.1 Å². The van der Waals surface area contributed by atoms with Crippen LogP contribution in [-0.4, -0.2) is 22.8 Å². The molecule has 1 aromatic carbocycles. The third kappa shape index (κ3) is 1.57. The van der Waals surface area contributed by atoms with Crippen molar-refractivity contribution in [3.63, 3.8) is 0 Å². The van der Waals surface area contributed by atoms with Crippen molar-refractivity contribution < 1.29 is 0 Å². The maximum atomic E-state index is 4.05. The summed E-state index contributed by atoms with van der Waals surface area (Å²) < 4.78 is 0. The van der Waals surface area contributed by atoms with Gasteiger partial charge in [0.05, 0.1) is 11.7 Å². The molecule has 0 aliphatic carbocycles. The zero-order valence-electron chi connectivity index (χ0n) is 8.14. The number of aromatic amines is 1. The van der Waals surface area contributed by atoms with Crippen molar-refractivity contribution in [2.45, 2.75) is 0 Å².